The number of rotatable bonds is 17. The third kappa shape index (κ3) is 13.6. The van der Waals surface area contributed by atoms with Gasteiger partial charge in [0.1, 0.15) is 0 Å². The van der Waals surface area contributed by atoms with Crippen LogP contribution in [-0.2, 0) is 9.22 Å². The Kier molecular flexibility index (Phi) is 14.8. The quantitative estimate of drug-likeness (QED) is 0.144. The second-order valence-corrected chi connectivity index (χ2v) is 14.8. The Morgan fingerprint density at radius 1 is 0.933 bits per heavy atom. The van der Waals surface area contributed by atoms with Crippen LogP contribution in [0.1, 0.15) is 98.3 Å². The molecule has 0 aliphatic carbocycles. The summed E-state index contributed by atoms with van der Waals surface area (Å²) in [5.74, 6) is -0.724. The van der Waals surface area contributed by atoms with Crippen molar-refractivity contribution in [1.82, 2.24) is 0 Å². The lowest BCUT2D eigenvalue weighted by Gasteiger charge is -2.38. The zero-order valence-corrected chi connectivity index (χ0v) is 21.3. The predicted molar refractivity (Wildman–Crippen MR) is 127 cm³/mol. The number of aliphatic hydroxyl groups excluding tert-OH is 2. The van der Waals surface area contributed by atoms with Crippen LogP contribution >= 0.6 is 0 Å². The van der Waals surface area contributed by atoms with Crippen molar-refractivity contribution in [3.63, 3.8) is 0 Å². The van der Waals surface area contributed by atoms with Gasteiger partial charge in [-0.05, 0) is 37.4 Å². The van der Waals surface area contributed by atoms with Gasteiger partial charge in [-0.1, -0.05) is 84.8 Å². The van der Waals surface area contributed by atoms with E-state index in [1.54, 1.807) is 6.08 Å². The highest BCUT2D eigenvalue weighted by Gasteiger charge is 2.38. The maximum absolute atomic E-state index is 10.6. The van der Waals surface area contributed by atoms with Gasteiger partial charge in [-0.15, -0.1) is 0 Å². The molecule has 0 saturated heterocycles. The lowest BCUT2D eigenvalue weighted by atomic mass is 10.0. The zero-order valence-electron chi connectivity index (χ0n) is 20.3. The highest BCUT2D eigenvalue weighted by molar-refractivity contribution is 6.74. The van der Waals surface area contributed by atoms with E-state index in [-0.39, 0.29) is 17.6 Å². The molecular weight excluding hydrogens is 396 g/mol. The van der Waals surface area contributed by atoms with Crippen LogP contribution in [0.5, 0.6) is 0 Å². The molecule has 0 saturated carbocycles. The van der Waals surface area contributed by atoms with Crippen molar-refractivity contribution >= 4 is 14.3 Å². The van der Waals surface area contributed by atoms with Crippen molar-refractivity contribution in [2.45, 2.75) is 135 Å². The van der Waals surface area contributed by atoms with E-state index in [4.69, 9.17) is 9.53 Å². The molecule has 0 bridgehead atoms. The first-order chi connectivity index (χ1) is 13.9. The van der Waals surface area contributed by atoms with Crippen molar-refractivity contribution in [3.05, 3.63) is 12.2 Å². The minimum absolute atomic E-state index is 0.0672. The van der Waals surface area contributed by atoms with E-state index in [0.717, 1.165) is 57.8 Å². The van der Waals surface area contributed by atoms with Gasteiger partial charge in [-0.25, -0.2) is 0 Å². The number of aliphatic carboxylic acids is 1. The van der Waals surface area contributed by atoms with Crippen LogP contribution in [-0.4, -0.2) is 47.9 Å². The summed E-state index contributed by atoms with van der Waals surface area (Å²) in [4.78, 5) is 10.6. The molecule has 3 atom stereocenters. The number of hydrogen-bond acceptors (Lipinski definition) is 4. The summed E-state index contributed by atoms with van der Waals surface area (Å²) >= 11 is 0. The lowest BCUT2D eigenvalue weighted by molar-refractivity contribution is -0.137. The molecule has 0 aromatic rings. The van der Waals surface area contributed by atoms with Gasteiger partial charge in [0, 0.05) is 6.42 Å². The summed E-state index contributed by atoms with van der Waals surface area (Å²) in [5.41, 5.74) is 0. The Bertz CT molecular complexity index is 484. The van der Waals surface area contributed by atoms with Crippen LogP contribution in [0, 0.1) is 0 Å². The molecule has 0 aromatic carbocycles. The first-order valence-electron chi connectivity index (χ1n) is 11.8. The fraction of sp³-hybridized carbons (Fsp3) is 0.875. The zero-order chi connectivity index (χ0) is 23.2. The van der Waals surface area contributed by atoms with Gasteiger partial charge in [0.25, 0.3) is 0 Å². The van der Waals surface area contributed by atoms with Crippen LogP contribution < -0.4 is 0 Å². The van der Waals surface area contributed by atoms with E-state index in [9.17, 15) is 15.0 Å². The standard InChI is InChI=1S/C24H48O5Si/c1-7-8-12-16-21(25)22(26)19-18-20(29-30(5,6)24(2,3)4)15-13-10-9-11-14-17-23(27)28/h18-22,25-26H,7-17H2,1-6H3,(H,27,28)/b19-18+/t20-,21-,22-/m1/s1. The number of aliphatic hydroxyl groups is 2. The molecule has 0 amide bonds. The average molecular weight is 445 g/mol. The maximum atomic E-state index is 10.6. The van der Waals surface area contributed by atoms with E-state index in [1.807, 2.05) is 6.08 Å². The molecule has 6 heteroatoms. The second kappa shape index (κ2) is 15.2. The van der Waals surface area contributed by atoms with E-state index < -0.39 is 26.5 Å². The Labute approximate surface area is 186 Å². The third-order valence-corrected chi connectivity index (χ3v) is 10.7. The van der Waals surface area contributed by atoms with Crippen LogP contribution in [0.15, 0.2) is 12.2 Å². The summed E-state index contributed by atoms with van der Waals surface area (Å²) in [7, 11) is -1.95. The summed E-state index contributed by atoms with van der Waals surface area (Å²) in [6, 6.07) is 0. The van der Waals surface area contributed by atoms with Gasteiger partial charge in [0.05, 0.1) is 18.3 Å². The average Bonchev–Trinajstić information content (AvgIpc) is 2.63. The van der Waals surface area contributed by atoms with Gasteiger partial charge in [-0.3, -0.25) is 4.79 Å². The number of hydrogen-bond donors (Lipinski definition) is 3. The largest absolute Gasteiger partial charge is 0.481 e. The number of carboxylic acids is 1. The summed E-state index contributed by atoms with van der Waals surface area (Å²) in [5, 5.41) is 29.3. The minimum Gasteiger partial charge on any atom is -0.481 e. The van der Waals surface area contributed by atoms with E-state index in [1.165, 1.54) is 0 Å². The highest BCUT2D eigenvalue weighted by Crippen LogP contribution is 2.38. The predicted octanol–water partition coefficient (Wildman–Crippen LogP) is 6.05. The normalized spacial score (nSPS) is 16.0. The topological polar surface area (TPSA) is 87.0 Å². The van der Waals surface area contributed by atoms with Gasteiger partial charge < -0.3 is 19.7 Å². The summed E-state index contributed by atoms with van der Waals surface area (Å²) in [6.07, 6.45) is 11.6. The molecule has 0 rings (SSSR count). The fourth-order valence-electron chi connectivity index (χ4n) is 3.04. The number of unbranched alkanes of at least 4 members (excludes halogenated alkanes) is 6. The Morgan fingerprint density at radius 2 is 1.50 bits per heavy atom. The van der Waals surface area contributed by atoms with E-state index in [0.29, 0.717) is 6.42 Å². The minimum atomic E-state index is -1.95. The molecule has 0 unspecified atom stereocenters. The van der Waals surface area contributed by atoms with E-state index >= 15 is 0 Å². The van der Waals surface area contributed by atoms with Gasteiger partial charge in [0.15, 0.2) is 8.32 Å². The highest BCUT2D eigenvalue weighted by atomic mass is 28.4. The molecule has 0 spiro atoms. The first kappa shape index (κ1) is 29.3. The van der Waals surface area contributed by atoms with Crippen molar-refractivity contribution in [2.75, 3.05) is 0 Å². The molecule has 0 aliphatic heterocycles. The Hall–Kier alpha value is -0.693. The molecule has 0 aliphatic rings. The number of carbonyl (C=O) groups is 1. The van der Waals surface area contributed by atoms with Crippen molar-refractivity contribution in [3.8, 4) is 0 Å². The maximum Gasteiger partial charge on any atom is 0.303 e. The van der Waals surface area contributed by atoms with E-state index in [2.05, 4.69) is 40.8 Å². The van der Waals surface area contributed by atoms with Crippen LogP contribution in [0.3, 0.4) is 0 Å². The molecule has 5 nitrogen and oxygen atoms in total. The van der Waals surface area contributed by atoms with Crippen molar-refractivity contribution < 1.29 is 24.5 Å². The number of carboxylic acid groups (broad SMARTS) is 1. The Balaban J connectivity index is 4.73. The van der Waals surface area contributed by atoms with Crippen LogP contribution in [0.4, 0.5) is 0 Å². The van der Waals surface area contributed by atoms with Gasteiger partial charge in [-0.2, -0.15) is 0 Å². The lowest BCUT2D eigenvalue weighted by Crippen LogP contribution is -2.43. The molecular formula is C24H48O5Si. The third-order valence-electron chi connectivity index (χ3n) is 6.15. The molecule has 30 heavy (non-hydrogen) atoms. The second-order valence-electron chi connectivity index (χ2n) is 10.1. The summed E-state index contributed by atoms with van der Waals surface area (Å²) in [6.45, 7) is 13.2. The molecule has 0 radical (unpaired) electrons. The monoisotopic (exact) mass is 444 g/mol. The first-order valence-corrected chi connectivity index (χ1v) is 14.8. The summed E-state index contributed by atoms with van der Waals surface area (Å²) < 4.78 is 6.57. The smallest absolute Gasteiger partial charge is 0.303 e. The van der Waals surface area contributed by atoms with Crippen molar-refractivity contribution in [2.24, 2.45) is 0 Å². The van der Waals surface area contributed by atoms with Gasteiger partial charge in [0.2, 0.25) is 0 Å². The molecule has 0 fully saturated rings. The fourth-order valence-corrected chi connectivity index (χ4v) is 4.35. The molecule has 0 aromatic heterocycles. The van der Waals surface area contributed by atoms with Crippen molar-refractivity contribution in [1.29, 1.82) is 0 Å². The molecule has 0 heterocycles. The SMILES string of the molecule is CCCCC[C@@H](O)[C@H](O)/C=C/[C@@H](CCCCCCCC(=O)O)O[Si](C)(C)C(C)(C)C. The molecule has 3 N–H and O–H groups in total. The molecule has 178 valence electrons. The Morgan fingerprint density at radius 3 is 2.07 bits per heavy atom. The van der Waals surface area contributed by atoms with Gasteiger partial charge >= 0.3 is 5.97 Å². The van der Waals surface area contributed by atoms with Crippen LogP contribution in [0.2, 0.25) is 18.1 Å². The van der Waals surface area contributed by atoms with Crippen LogP contribution in [0.25, 0.3) is 0 Å².